The van der Waals surface area contributed by atoms with Crippen LogP contribution in [0.15, 0.2) is 66.7 Å². The Hall–Kier alpha value is -2.98. The predicted octanol–water partition coefficient (Wildman–Crippen LogP) is 5.46. The van der Waals surface area contributed by atoms with Gasteiger partial charge in [-0.15, -0.1) is 0 Å². The quantitative estimate of drug-likeness (QED) is 0.488. The summed E-state index contributed by atoms with van der Waals surface area (Å²) in [6.07, 6.45) is 0. The molecule has 0 bridgehead atoms. The van der Waals surface area contributed by atoms with Gasteiger partial charge >= 0.3 is 0 Å². The van der Waals surface area contributed by atoms with Gasteiger partial charge in [-0.25, -0.2) is 14.4 Å². The second kappa shape index (κ2) is 6.15. The van der Waals surface area contributed by atoms with Crippen molar-refractivity contribution in [2.45, 2.75) is 0 Å². The standard InChI is InChI=1S/C20H12ClFN2O/c21-20-23-18(12-6-2-1-3-7-12)17(22)19(24-20)15-10-13-8-4-5-9-14(13)11-16(15)25/h1-11,25H. The highest BCUT2D eigenvalue weighted by Gasteiger charge is 2.19. The normalized spacial score (nSPS) is 11.0. The van der Waals surface area contributed by atoms with Crippen LogP contribution in [0.3, 0.4) is 0 Å². The summed E-state index contributed by atoms with van der Waals surface area (Å²) >= 11 is 6.02. The smallest absolute Gasteiger partial charge is 0.223 e. The van der Waals surface area contributed by atoms with Crippen molar-refractivity contribution in [1.29, 1.82) is 0 Å². The Balaban J connectivity index is 1.97. The monoisotopic (exact) mass is 350 g/mol. The van der Waals surface area contributed by atoms with E-state index >= 15 is 4.39 Å². The molecule has 0 aliphatic rings. The number of phenols is 1. The van der Waals surface area contributed by atoms with Crippen LogP contribution in [-0.4, -0.2) is 15.1 Å². The van der Waals surface area contributed by atoms with Gasteiger partial charge in [0.25, 0.3) is 0 Å². The molecule has 0 atom stereocenters. The first-order valence-corrected chi connectivity index (χ1v) is 8.02. The Morgan fingerprint density at radius 3 is 2.12 bits per heavy atom. The molecule has 0 unspecified atom stereocenters. The third-order valence-electron chi connectivity index (χ3n) is 3.99. The van der Waals surface area contributed by atoms with Gasteiger partial charge in [0.15, 0.2) is 5.82 Å². The lowest BCUT2D eigenvalue weighted by atomic mass is 10.0. The van der Waals surface area contributed by atoms with Crippen LogP contribution in [0.4, 0.5) is 4.39 Å². The molecule has 0 amide bonds. The zero-order valence-corrected chi connectivity index (χ0v) is 13.7. The lowest BCUT2D eigenvalue weighted by Gasteiger charge is -2.11. The van der Waals surface area contributed by atoms with Crippen LogP contribution in [0.1, 0.15) is 0 Å². The van der Waals surface area contributed by atoms with E-state index in [4.69, 9.17) is 11.6 Å². The zero-order valence-electron chi connectivity index (χ0n) is 12.9. The molecule has 0 saturated carbocycles. The number of aromatic nitrogens is 2. The molecule has 0 aliphatic carbocycles. The Morgan fingerprint density at radius 2 is 1.40 bits per heavy atom. The second-order valence-electron chi connectivity index (χ2n) is 5.59. The molecule has 0 saturated heterocycles. The fourth-order valence-electron chi connectivity index (χ4n) is 2.80. The molecule has 4 rings (SSSR count). The molecule has 0 radical (unpaired) electrons. The lowest BCUT2D eigenvalue weighted by molar-refractivity contribution is 0.477. The van der Waals surface area contributed by atoms with Crippen molar-refractivity contribution >= 4 is 22.4 Å². The van der Waals surface area contributed by atoms with Crippen LogP contribution >= 0.6 is 11.6 Å². The maximum atomic E-state index is 15.1. The first-order valence-electron chi connectivity index (χ1n) is 7.64. The zero-order chi connectivity index (χ0) is 17.4. The third-order valence-corrected chi connectivity index (χ3v) is 4.16. The molecule has 122 valence electrons. The number of hydrogen-bond donors (Lipinski definition) is 1. The molecule has 0 aliphatic heterocycles. The van der Waals surface area contributed by atoms with Crippen molar-refractivity contribution in [2.75, 3.05) is 0 Å². The highest BCUT2D eigenvalue weighted by molar-refractivity contribution is 6.28. The summed E-state index contributed by atoms with van der Waals surface area (Å²) in [5.41, 5.74) is 0.939. The molecule has 3 aromatic carbocycles. The number of nitrogens with zero attached hydrogens (tertiary/aromatic N) is 2. The molecule has 0 fully saturated rings. The Bertz CT molecular complexity index is 1080. The van der Waals surface area contributed by atoms with Crippen molar-refractivity contribution in [3.05, 3.63) is 77.8 Å². The molecule has 3 nitrogen and oxygen atoms in total. The van der Waals surface area contributed by atoms with Crippen LogP contribution in [0, 0.1) is 5.82 Å². The van der Waals surface area contributed by atoms with Gasteiger partial charge in [0, 0.05) is 11.1 Å². The molecular weight excluding hydrogens is 339 g/mol. The average Bonchev–Trinajstić information content (AvgIpc) is 2.63. The van der Waals surface area contributed by atoms with E-state index in [1.165, 1.54) is 0 Å². The van der Waals surface area contributed by atoms with Gasteiger partial charge in [0.1, 0.15) is 17.1 Å². The van der Waals surface area contributed by atoms with E-state index in [1.807, 2.05) is 30.3 Å². The number of benzene rings is 3. The number of rotatable bonds is 2. The molecule has 25 heavy (non-hydrogen) atoms. The highest BCUT2D eigenvalue weighted by atomic mass is 35.5. The van der Waals surface area contributed by atoms with E-state index in [2.05, 4.69) is 9.97 Å². The number of hydrogen-bond acceptors (Lipinski definition) is 3. The largest absolute Gasteiger partial charge is 0.507 e. The van der Waals surface area contributed by atoms with Crippen LogP contribution in [0.25, 0.3) is 33.3 Å². The van der Waals surface area contributed by atoms with Crippen molar-refractivity contribution < 1.29 is 9.50 Å². The van der Waals surface area contributed by atoms with Crippen LogP contribution in [-0.2, 0) is 0 Å². The van der Waals surface area contributed by atoms with E-state index in [9.17, 15) is 5.11 Å². The van der Waals surface area contributed by atoms with E-state index < -0.39 is 5.82 Å². The topological polar surface area (TPSA) is 46.0 Å². The maximum Gasteiger partial charge on any atom is 0.223 e. The Morgan fingerprint density at radius 1 is 0.800 bits per heavy atom. The summed E-state index contributed by atoms with van der Waals surface area (Å²) in [6, 6.07) is 19.7. The summed E-state index contributed by atoms with van der Waals surface area (Å²) in [7, 11) is 0. The molecule has 4 aromatic rings. The van der Waals surface area contributed by atoms with Gasteiger partial charge in [-0.1, -0.05) is 54.6 Å². The van der Waals surface area contributed by atoms with E-state index in [-0.39, 0.29) is 28.0 Å². The first kappa shape index (κ1) is 15.5. The second-order valence-corrected chi connectivity index (χ2v) is 5.92. The van der Waals surface area contributed by atoms with Crippen molar-refractivity contribution in [1.82, 2.24) is 9.97 Å². The van der Waals surface area contributed by atoms with E-state index in [1.54, 1.807) is 36.4 Å². The predicted molar refractivity (Wildman–Crippen MR) is 97.0 cm³/mol. The molecule has 0 spiro atoms. The van der Waals surface area contributed by atoms with Gasteiger partial charge < -0.3 is 5.11 Å². The summed E-state index contributed by atoms with van der Waals surface area (Å²) in [6.45, 7) is 0. The minimum absolute atomic E-state index is 0.0258. The molecule has 1 N–H and O–H groups in total. The minimum atomic E-state index is -0.624. The van der Waals surface area contributed by atoms with Gasteiger partial charge in [-0.05, 0) is 34.5 Å². The van der Waals surface area contributed by atoms with Gasteiger partial charge in [0.05, 0.1) is 0 Å². The van der Waals surface area contributed by atoms with E-state index in [0.717, 1.165) is 10.8 Å². The van der Waals surface area contributed by atoms with Gasteiger partial charge in [-0.2, -0.15) is 0 Å². The van der Waals surface area contributed by atoms with Crippen LogP contribution < -0.4 is 0 Å². The number of phenolic OH excluding ortho intramolecular Hbond substituents is 1. The SMILES string of the molecule is Oc1cc2ccccc2cc1-c1nc(Cl)nc(-c2ccccc2)c1F. The number of aromatic hydroxyl groups is 1. The average molecular weight is 351 g/mol. The Labute approximate surface area is 148 Å². The summed E-state index contributed by atoms with van der Waals surface area (Å²) in [4.78, 5) is 8.03. The van der Waals surface area contributed by atoms with Crippen LogP contribution in [0.2, 0.25) is 5.28 Å². The summed E-state index contributed by atoms with van der Waals surface area (Å²) in [5, 5.41) is 12.0. The van der Waals surface area contributed by atoms with Gasteiger partial charge in [0.2, 0.25) is 5.28 Å². The Kier molecular flexibility index (Phi) is 3.82. The van der Waals surface area contributed by atoms with E-state index in [0.29, 0.717) is 5.56 Å². The first-order chi connectivity index (χ1) is 12.1. The summed E-state index contributed by atoms with van der Waals surface area (Å²) < 4.78 is 15.1. The van der Waals surface area contributed by atoms with Crippen LogP contribution in [0.5, 0.6) is 5.75 Å². The number of halogens is 2. The molecule has 1 heterocycles. The summed E-state index contributed by atoms with van der Waals surface area (Å²) in [5.74, 6) is -0.687. The fourth-order valence-corrected chi connectivity index (χ4v) is 2.97. The van der Waals surface area contributed by atoms with Gasteiger partial charge in [-0.3, -0.25) is 0 Å². The minimum Gasteiger partial charge on any atom is -0.507 e. The van der Waals surface area contributed by atoms with Crippen molar-refractivity contribution in [2.24, 2.45) is 0 Å². The lowest BCUT2D eigenvalue weighted by Crippen LogP contribution is -1.98. The van der Waals surface area contributed by atoms with Crippen molar-refractivity contribution in [3.8, 4) is 28.3 Å². The molecule has 1 aromatic heterocycles. The third kappa shape index (κ3) is 2.81. The maximum absolute atomic E-state index is 15.1. The number of fused-ring (bicyclic) bond motifs is 1. The fraction of sp³-hybridized carbons (Fsp3) is 0. The van der Waals surface area contributed by atoms with Crippen molar-refractivity contribution in [3.63, 3.8) is 0 Å². The highest BCUT2D eigenvalue weighted by Crippen LogP contribution is 2.36. The molecular formula is C20H12ClFN2O. The molecule has 5 heteroatoms.